The van der Waals surface area contributed by atoms with Gasteiger partial charge in [-0.1, -0.05) is 13.0 Å². The van der Waals surface area contributed by atoms with Crippen LogP contribution >= 0.6 is 0 Å². The van der Waals surface area contributed by atoms with Crippen molar-refractivity contribution in [3.8, 4) is 5.75 Å². The second-order valence-corrected chi connectivity index (χ2v) is 8.61. The van der Waals surface area contributed by atoms with Gasteiger partial charge in [-0.3, -0.25) is 9.78 Å². The average molecular weight is 522 g/mol. The molecule has 1 aromatic carbocycles. The van der Waals surface area contributed by atoms with E-state index in [2.05, 4.69) is 9.97 Å². The number of nitrogens with zero attached hydrogens (tertiary/aromatic N) is 1. The molecular weight excluding hydrogens is 504 g/mol. The summed E-state index contributed by atoms with van der Waals surface area (Å²) >= 11 is 0. The molecule has 1 aliphatic rings. The maximum atomic E-state index is 14.5. The van der Waals surface area contributed by atoms with Gasteiger partial charge < -0.3 is 14.5 Å². The predicted molar refractivity (Wildman–Crippen MR) is 110 cm³/mol. The van der Waals surface area contributed by atoms with Crippen LogP contribution in [-0.4, -0.2) is 28.9 Å². The summed E-state index contributed by atoms with van der Waals surface area (Å²) in [6.45, 7) is 1.95. The number of methoxy groups -OCH3 is 1. The molecule has 0 aliphatic carbocycles. The Kier molecular flexibility index (Phi) is 6.05. The van der Waals surface area contributed by atoms with Crippen molar-refractivity contribution in [1.29, 1.82) is 0 Å². The smallest absolute Gasteiger partial charge is 0.434 e. The van der Waals surface area contributed by atoms with Crippen LogP contribution in [0, 0.1) is 17.6 Å². The van der Waals surface area contributed by atoms with Gasteiger partial charge in [-0.25, -0.2) is 4.39 Å². The minimum Gasteiger partial charge on any atom is -0.493 e. The zero-order chi connectivity index (χ0) is 26.8. The maximum absolute atomic E-state index is 14.5. The van der Waals surface area contributed by atoms with Gasteiger partial charge in [0.15, 0.2) is 28.3 Å². The number of benzene rings is 1. The molecule has 0 amide bonds. The van der Waals surface area contributed by atoms with Gasteiger partial charge in [0.2, 0.25) is 5.82 Å². The molecule has 36 heavy (non-hydrogen) atoms. The number of H-pyrrole nitrogens is 1. The van der Waals surface area contributed by atoms with Crippen LogP contribution in [0.2, 0.25) is 0 Å². The van der Waals surface area contributed by atoms with E-state index in [1.807, 2.05) is 0 Å². The molecule has 0 saturated carbocycles. The lowest BCUT2D eigenvalue weighted by molar-refractivity contribution is -0.275. The molecule has 1 N–H and O–H groups in total. The Morgan fingerprint density at radius 2 is 1.78 bits per heavy atom. The number of halogens is 8. The van der Waals surface area contributed by atoms with Crippen molar-refractivity contribution >= 4 is 10.9 Å². The second-order valence-electron chi connectivity index (χ2n) is 8.61. The van der Waals surface area contributed by atoms with Crippen molar-refractivity contribution < 1.29 is 44.6 Å². The summed E-state index contributed by atoms with van der Waals surface area (Å²) in [7, 11) is 1.00. The van der Waals surface area contributed by atoms with Gasteiger partial charge in [-0.05, 0) is 19.1 Å². The van der Waals surface area contributed by atoms with Crippen LogP contribution in [0.25, 0.3) is 10.9 Å². The molecule has 3 aromatic rings. The van der Waals surface area contributed by atoms with Crippen LogP contribution in [0.4, 0.5) is 35.1 Å². The van der Waals surface area contributed by atoms with E-state index in [1.165, 1.54) is 6.92 Å². The van der Waals surface area contributed by atoms with Crippen molar-refractivity contribution in [1.82, 2.24) is 9.97 Å². The van der Waals surface area contributed by atoms with Gasteiger partial charge in [0, 0.05) is 35.4 Å². The molecule has 1 fully saturated rings. The average Bonchev–Trinajstić information content (AvgIpc) is 3.06. The number of rotatable bonds is 3. The number of ether oxygens (including phenoxy) is 2. The Morgan fingerprint density at radius 3 is 2.36 bits per heavy atom. The number of alkyl halides is 6. The lowest BCUT2D eigenvalue weighted by Crippen LogP contribution is -2.46. The lowest BCUT2D eigenvalue weighted by Gasteiger charge is -2.32. The molecule has 1 saturated heterocycles. The molecule has 5 nitrogen and oxygen atoms in total. The Labute approximate surface area is 198 Å². The molecule has 0 bridgehead atoms. The van der Waals surface area contributed by atoms with Crippen LogP contribution in [-0.2, 0) is 10.9 Å². The van der Waals surface area contributed by atoms with Crippen molar-refractivity contribution in [2.45, 2.75) is 43.8 Å². The quantitative estimate of drug-likeness (QED) is 0.426. The van der Waals surface area contributed by atoms with Crippen LogP contribution in [0.3, 0.4) is 0 Å². The third-order valence-electron chi connectivity index (χ3n) is 6.65. The SMILES string of the molecule is COc1c([C@H]2[C@H](c3cc(=O)c4c(C(F)(F)F)nccc4[nH]3)O[C@@](C)(C(F)(F)F)[C@H]2C)ccc(F)c1F. The molecule has 194 valence electrons. The van der Waals surface area contributed by atoms with Gasteiger partial charge in [0.05, 0.1) is 18.0 Å². The highest BCUT2D eigenvalue weighted by atomic mass is 19.4. The van der Waals surface area contributed by atoms with E-state index in [1.54, 1.807) is 0 Å². The summed E-state index contributed by atoms with van der Waals surface area (Å²) < 4.78 is 121. The van der Waals surface area contributed by atoms with Crippen molar-refractivity contribution in [2.75, 3.05) is 7.11 Å². The Hall–Kier alpha value is -3.22. The highest BCUT2D eigenvalue weighted by Crippen LogP contribution is 2.59. The fraction of sp³-hybridized carbons (Fsp3) is 0.391. The first kappa shape index (κ1) is 25.9. The molecule has 1 aliphatic heterocycles. The number of aromatic nitrogens is 2. The number of hydrogen-bond donors (Lipinski definition) is 1. The summed E-state index contributed by atoms with van der Waals surface area (Å²) in [5.41, 5.74) is -6.25. The molecule has 3 heterocycles. The van der Waals surface area contributed by atoms with E-state index in [0.29, 0.717) is 12.1 Å². The molecule has 0 unspecified atom stereocenters. The lowest BCUT2D eigenvalue weighted by atomic mass is 9.76. The minimum absolute atomic E-state index is 0.173. The molecule has 0 radical (unpaired) electrons. The van der Waals surface area contributed by atoms with E-state index in [4.69, 9.17) is 9.47 Å². The predicted octanol–water partition coefficient (Wildman–Crippen LogP) is 6.04. The summed E-state index contributed by atoms with van der Waals surface area (Å²) in [5, 5.41) is -0.805. The number of nitrogens with one attached hydrogen (secondary N) is 1. The van der Waals surface area contributed by atoms with Crippen molar-refractivity contribution in [2.24, 2.45) is 5.92 Å². The maximum Gasteiger partial charge on any atom is 0.434 e. The standard InChI is InChI=1S/C23H18F8N2O3/c1-9-15(10-4-5-11(24)17(25)18(10)35-3)19(36-21(9,2)23(29,30)31)13-8-14(34)16-12(33-13)6-7-32-20(16)22(26,27)28/h4-9,15,19H,1-3H3,(H,33,34)/t9-,15-,19-,21+/m0/s1. The van der Waals surface area contributed by atoms with Gasteiger partial charge in [-0.2, -0.15) is 30.7 Å². The van der Waals surface area contributed by atoms with Gasteiger partial charge in [0.25, 0.3) is 0 Å². The van der Waals surface area contributed by atoms with E-state index < -0.39 is 69.8 Å². The van der Waals surface area contributed by atoms with E-state index in [-0.39, 0.29) is 16.8 Å². The van der Waals surface area contributed by atoms with E-state index in [9.17, 15) is 39.9 Å². The fourth-order valence-electron chi connectivity index (χ4n) is 4.67. The normalized spacial score (nSPS) is 24.9. The zero-order valence-electron chi connectivity index (χ0n) is 18.8. The summed E-state index contributed by atoms with van der Waals surface area (Å²) in [6, 6.07) is 3.51. The van der Waals surface area contributed by atoms with Crippen LogP contribution in [0.1, 0.15) is 42.8 Å². The fourth-order valence-corrected chi connectivity index (χ4v) is 4.67. The Bertz CT molecular complexity index is 1380. The summed E-state index contributed by atoms with van der Waals surface area (Å²) in [5.74, 6) is -6.17. The monoisotopic (exact) mass is 522 g/mol. The summed E-state index contributed by atoms with van der Waals surface area (Å²) in [4.78, 5) is 18.5. The number of aromatic amines is 1. The molecular formula is C23H18F8N2O3. The van der Waals surface area contributed by atoms with Gasteiger partial charge in [0.1, 0.15) is 6.10 Å². The second kappa shape index (κ2) is 8.43. The highest BCUT2D eigenvalue weighted by Gasteiger charge is 2.65. The van der Waals surface area contributed by atoms with Crippen molar-refractivity contribution in [3.63, 3.8) is 0 Å². The van der Waals surface area contributed by atoms with Crippen LogP contribution in [0.5, 0.6) is 5.75 Å². The van der Waals surface area contributed by atoms with E-state index >= 15 is 0 Å². The van der Waals surface area contributed by atoms with Crippen molar-refractivity contribution in [3.05, 3.63) is 69.3 Å². The molecule has 4 rings (SSSR count). The minimum atomic E-state index is -4.97. The van der Waals surface area contributed by atoms with Gasteiger partial charge in [-0.15, -0.1) is 0 Å². The van der Waals surface area contributed by atoms with Crippen LogP contribution < -0.4 is 10.2 Å². The molecule has 13 heteroatoms. The zero-order valence-corrected chi connectivity index (χ0v) is 18.8. The summed E-state index contributed by atoms with van der Waals surface area (Å²) in [6.07, 6.45) is -10.7. The first-order valence-corrected chi connectivity index (χ1v) is 10.5. The number of pyridine rings is 2. The first-order valence-electron chi connectivity index (χ1n) is 10.5. The third kappa shape index (κ3) is 3.89. The van der Waals surface area contributed by atoms with Gasteiger partial charge >= 0.3 is 12.4 Å². The molecule has 2 aromatic heterocycles. The third-order valence-corrected chi connectivity index (χ3v) is 6.65. The number of fused-ring (bicyclic) bond motifs is 1. The largest absolute Gasteiger partial charge is 0.493 e. The van der Waals surface area contributed by atoms with Crippen LogP contribution in [0.15, 0.2) is 35.3 Å². The molecule has 4 atom stereocenters. The molecule has 0 spiro atoms. The highest BCUT2D eigenvalue weighted by molar-refractivity contribution is 5.81. The number of hydrogen-bond acceptors (Lipinski definition) is 4. The first-order chi connectivity index (χ1) is 16.6. The topological polar surface area (TPSA) is 64.2 Å². The Morgan fingerprint density at radius 1 is 1.11 bits per heavy atom. The van der Waals surface area contributed by atoms with E-state index in [0.717, 1.165) is 32.4 Å². The Balaban J connectivity index is 1.98.